The first-order valence-electron chi connectivity index (χ1n) is 20.5. The molecule has 0 bridgehead atoms. The van der Waals surface area contributed by atoms with Gasteiger partial charge in [-0.15, -0.1) is 6.58 Å². The number of rotatable bonds is 20. The smallest absolute Gasteiger partial charge is 0.409 e. The number of aliphatic hydroxyl groups is 2. The van der Waals surface area contributed by atoms with Gasteiger partial charge in [-0.3, -0.25) is 15.1 Å². The molecule has 0 saturated heterocycles. The van der Waals surface area contributed by atoms with Crippen molar-refractivity contribution in [2.45, 2.75) is 89.8 Å². The van der Waals surface area contributed by atoms with Crippen LogP contribution in [0.15, 0.2) is 90.1 Å². The minimum Gasteiger partial charge on any atom is -0.487 e. The van der Waals surface area contributed by atoms with Crippen molar-refractivity contribution in [3.8, 4) is 11.5 Å². The van der Waals surface area contributed by atoms with E-state index in [4.69, 9.17) is 28.9 Å². The predicted octanol–water partition coefficient (Wildman–Crippen LogP) is 7.80. The fourth-order valence-electron chi connectivity index (χ4n) is 8.91. The van der Waals surface area contributed by atoms with E-state index in [9.17, 15) is 25.1 Å². The SMILES string of the molecule is C=CCO[C@@]12Oc3ccc(OCc4cccc(C)n4)cc3[C@H]3[C@H](CCCCO)[C@@H](CCCCO)C=C(C(=NOCc4ccc([N+](=O)[O-])cc4)C[C@@H]1N(C)C(=O)OCC)[C@H]32. The van der Waals surface area contributed by atoms with E-state index in [0.29, 0.717) is 35.6 Å². The Kier molecular flexibility index (Phi) is 14.7. The number of pyridine rings is 1. The van der Waals surface area contributed by atoms with Crippen molar-refractivity contribution in [2.75, 3.05) is 33.5 Å². The van der Waals surface area contributed by atoms with Crippen LogP contribution in [-0.4, -0.2) is 82.1 Å². The molecule has 1 saturated carbocycles. The third-order valence-corrected chi connectivity index (χ3v) is 11.6. The van der Waals surface area contributed by atoms with Gasteiger partial charge in [0.1, 0.15) is 30.8 Å². The molecular weight excluding hydrogens is 757 g/mol. The molecule has 6 atom stereocenters. The van der Waals surface area contributed by atoms with Crippen LogP contribution in [0.3, 0.4) is 0 Å². The van der Waals surface area contributed by atoms with Gasteiger partial charge >= 0.3 is 6.09 Å². The Hall–Kier alpha value is -5.31. The van der Waals surface area contributed by atoms with Gasteiger partial charge in [0.25, 0.3) is 5.69 Å². The zero-order chi connectivity index (χ0) is 41.9. The lowest BCUT2D eigenvalue weighted by Crippen LogP contribution is -2.69. The molecule has 2 N–H and O–H groups in total. The van der Waals surface area contributed by atoms with Crippen LogP contribution in [0.4, 0.5) is 10.5 Å². The number of aliphatic hydroxyl groups excluding tert-OH is 2. The molecule has 316 valence electrons. The third kappa shape index (κ3) is 9.77. The molecule has 3 aliphatic rings. The summed E-state index contributed by atoms with van der Waals surface area (Å²) in [6.07, 6.45) is 8.03. The second kappa shape index (κ2) is 20.1. The Labute approximate surface area is 345 Å². The van der Waals surface area contributed by atoms with Gasteiger partial charge in [-0.2, -0.15) is 0 Å². The van der Waals surface area contributed by atoms with E-state index in [1.807, 2.05) is 43.3 Å². The lowest BCUT2D eigenvalue weighted by atomic mass is 9.55. The molecule has 0 spiro atoms. The van der Waals surface area contributed by atoms with E-state index in [1.54, 1.807) is 32.2 Å². The maximum absolute atomic E-state index is 13.7. The number of likely N-dealkylation sites (N-methyl/N-ethyl adjacent to an activating group) is 1. The fraction of sp³-hybridized carbons (Fsp3) is 0.489. The second-order valence-corrected chi connectivity index (χ2v) is 15.3. The molecule has 14 heteroatoms. The summed E-state index contributed by atoms with van der Waals surface area (Å²) in [5.41, 5.74) is 4.80. The number of aryl methyl sites for hydroxylation is 1. The van der Waals surface area contributed by atoms with E-state index < -0.39 is 28.8 Å². The van der Waals surface area contributed by atoms with E-state index in [-0.39, 0.29) is 69.5 Å². The average Bonchev–Trinajstić information content (AvgIpc) is 3.23. The summed E-state index contributed by atoms with van der Waals surface area (Å²) in [6, 6.07) is 17.0. The molecular formula is C45H56N4O10. The number of oxime groups is 1. The highest BCUT2D eigenvalue weighted by molar-refractivity contribution is 6.02. The molecule has 0 radical (unpaired) electrons. The highest BCUT2D eigenvalue weighted by Gasteiger charge is 2.65. The highest BCUT2D eigenvalue weighted by Crippen LogP contribution is 2.61. The van der Waals surface area contributed by atoms with E-state index >= 15 is 0 Å². The van der Waals surface area contributed by atoms with Crippen LogP contribution in [0.25, 0.3) is 0 Å². The van der Waals surface area contributed by atoms with Crippen LogP contribution in [0.5, 0.6) is 11.5 Å². The molecule has 1 aromatic heterocycles. The number of amides is 1. The molecule has 2 aromatic carbocycles. The first kappa shape index (κ1) is 43.3. The third-order valence-electron chi connectivity index (χ3n) is 11.6. The zero-order valence-electron chi connectivity index (χ0n) is 34.2. The van der Waals surface area contributed by atoms with Crippen LogP contribution in [0.1, 0.15) is 80.3 Å². The number of unbranched alkanes of at least 4 members (excludes halogenated alkanes) is 2. The fourth-order valence-corrected chi connectivity index (χ4v) is 8.91. The summed E-state index contributed by atoms with van der Waals surface area (Å²) in [4.78, 5) is 36.7. The van der Waals surface area contributed by atoms with Gasteiger partial charge in [0, 0.05) is 56.0 Å². The van der Waals surface area contributed by atoms with Crippen molar-refractivity contribution in [3.05, 3.63) is 118 Å². The number of nitro groups is 1. The van der Waals surface area contributed by atoms with E-state index in [0.717, 1.165) is 48.2 Å². The maximum Gasteiger partial charge on any atom is 0.409 e. The van der Waals surface area contributed by atoms with Crippen molar-refractivity contribution < 1.29 is 43.7 Å². The summed E-state index contributed by atoms with van der Waals surface area (Å²) in [5, 5.41) is 35.8. The quantitative estimate of drug-likeness (QED) is 0.0493. The Morgan fingerprint density at radius 3 is 2.54 bits per heavy atom. The molecule has 0 unspecified atom stereocenters. The van der Waals surface area contributed by atoms with Crippen LogP contribution < -0.4 is 9.47 Å². The maximum atomic E-state index is 13.7. The molecule has 2 heterocycles. The molecule has 1 fully saturated rings. The van der Waals surface area contributed by atoms with E-state index in [1.165, 1.54) is 17.0 Å². The standard InChI is InChI=1S/C45H56N4O10/c1-5-24-57-45-41(48(4)44(52)55-6-2)27-39(47-58-28-31-16-18-34(19-17-31)49(53)54)37-25-32(13-7-9-22-50)36(15-8-10-23-51)42(43(37)45)38-26-35(20-21-40(38)59-45)56-29-33-14-11-12-30(3)46-33/h5,11-12,14,16-21,25-26,32,36,41-43,50-51H,1,6-10,13,15,22-24,27-29H2,2-4H3/t32-,36+,41-,42+,43+,45+/m0/s1. The number of non-ortho nitro benzene ring substituents is 1. The number of carbonyl (C=O) groups is 1. The van der Waals surface area contributed by atoms with Crippen molar-refractivity contribution >= 4 is 17.5 Å². The van der Waals surface area contributed by atoms with E-state index in [2.05, 4.69) is 17.6 Å². The second-order valence-electron chi connectivity index (χ2n) is 15.3. The summed E-state index contributed by atoms with van der Waals surface area (Å²) in [7, 11) is 1.68. The van der Waals surface area contributed by atoms with Gasteiger partial charge < -0.3 is 38.9 Å². The molecule has 2 aliphatic carbocycles. The number of hydrogen-bond donors (Lipinski definition) is 2. The largest absolute Gasteiger partial charge is 0.487 e. The summed E-state index contributed by atoms with van der Waals surface area (Å²) in [5.74, 6) is -0.833. The Balaban J connectivity index is 1.51. The van der Waals surface area contributed by atoms with Gasteiger partial charge in [-0.05, 0) is 105 Å². The monoisotopic (exact) mass is 812 g/mol. The lowest BCUT2D eigenvalue weighted by Gasteiger charge is -2.59. The highest BCUT2D eigenvalue weighted by atomic mass is 16.7. The lowest BCUT2D eigenvalue weighted by molar-refractivity contribution is -0.384. The number of aromatic nitrogens is 1. The van der Waals surface area contributed by atoms with Crippen LogP contribution >= 0.6 is 0 Å². The summed E-state index contributed by atoms with van der Waals surface area (Å²) < 4.78 is 26.0. The Bertz CT molecular complexity index is 1990. The zero-order valence-corrected chi connectivity index (χ0v) is 34.2. The first-order valence-corrected chi connectivity index (χ1v) is 20.5. The number of ether oxygens (including phenoxy) is 4. The van der Waals surface area contributed by atoms with Gasteiger partial charge in [-0.1, -0.05) is 36.2 Å². The topological polar surface area (TPSA) is 175 Å². The van der Waals surface area contributed by atoms with Crippen molar-refractivity contribution in [1.82, 2.24) is 9.88 Å². The van der Waals surface area contributed by atoms with Gasteiger partial charge in [-0.25, -0.2) is 4.79 Å². The molecule has 1 aliphatic heterocycles. The minimum atomic E-state index is -1.42. The van der Waals surface area contributed by atoms with Crippen molar-refractivity contribution in [2.24, 2.45) is 22.9 Å². The summed E-state index contributed by atoms with van der Waals surface area (Å²) >= 11 is 0. The van der Waals surface area contributed by atoms with Crippen LogP contribution in [0.2, 0.25) is 0 Å². The Morgan fingerprint density at radius 1 is 1.08 bits per heavy atom. The van der Waals surface area contributed by atoms with Crippen molar-refractivity contribution in [1.29, 1.82) is 0 Å². The molecule has 6 rings (SSSR count). The minimum absolute atomic E-state index is 0.0230. The number of nitro benzene ring substituents is 1. The average molecular weight is 813 g/mol. The summed E-state index contributed by atoms with van der Waals surface area (Å²) in [6.45, 7) is 8.43. The number of benzene rings is 2. The molecule has 1 amide bonds. The van der Waals surface area contributed by atoms with Crippen LogP contribution in [0, 0.1) is 34.8 Å². The molecule has 59 heavy (non-hydrogen) atoms. The number of nitrogens with zero attached hydrogens (tertiary/aromatic N) is 4. The number of fused-ring (bicyclic) bond motifs is 2. The first-order chi connectivity index (χ1) is 28.6. The van der Waals surface area contributed by atoms with Crippen molar-refractivity contribution in [3.63, 3.8) is 0 Å². The van der Waals surface area contributed by atoms with Gasteiger partial charge in [0.05, 0.1) is 35.5 Å². The Morgan fingerprint density at radius 2 is 1.85 bits per heavy atom. The molecule has 14 nitrogen and oxygen atoms in total. The van der Waals surface area contributed by atoms with Crippen LogP contribution in [-0.2, 0) is 27.5 Å². The number of carbonyl (C=O) groups excluding carboxylic acids is 1. The number of hydrogen-bond acceptors (Lipinski definition) is 12. The van der Waals surface area contributed by atoms with Gasteiger partial charge in [0.2, 0.25) is 5.79 Å². The number of allylic oxidation sites excluding steroid dienone is 1. The molecule has 3 aromatic rings. The van der Waals surface area contributed by atoms with Gasteiger partial charge in [0.15, 0.2) is 0 Å². The normalized spacial score (nSPS) is 23.6. The predicted molar refractivity (Wildman–Crippen MR) is 221 cm³/mol.